The topological polar surface area (TPSA) is 36.4 Å². The predicted octanol–water partition coefficient (Wildman–Crippen LogP) is 3.08. The Labute approximate surface area is 141 Å². The number of carbonyl (C=O) groups is 1. The molecule has 2 aliphatic heterocycles. The summed E-state index contributed by atoms with van der Waals surface area (Å²) < 4.78 is 0. The number of hydrogen-bond acceptors (Lipinski definition) is 3. The summed E-state index contributed by atoms with van der Waals surface area (Å²) in [6, 6.07) is 10.2. The van der Waals surface area contributed by atoms with Crippen molar-refractivity contribution in [3.8, 4) is 0 Å². The Hall–Kier alpha value is -1.65. The van der Waals surface area contributed by atoms with Gasteiger partial charge in [-0.1, -0.05) is 17.7 Å². The van der Waals surface area contributed by atoms with Crippen molar-refractivity contribution in [3.05, 3.63) is 41.0 Å². The monoisotopic (exact) mass is 329 g/mol. The van der Waals surface area contributed by atoms with Gasteiger partial charge < -0.3 is 4.90 Å². The first-order chi connectivity index (χ1) is 11.1. The molecular formula is C18H20ClN3O. The van der Waals surface area contributed by atoms with Gasteiger partial charge in [-0.2, -0.15) is 0 Å². The Kier molecular flexibility index (Phi) is 3.74. The molecule has 0 spiro atoms. The second-order valence-electron chi connectivity index (χ2n) is 6.57. The third-order valence-corrected chi connectivity index (χ3v) is 5.32. The normalized spacial score (nSPS) is 25.1. The molecule has 3 heterocycles. The van der Waals surface area contributed by atoms with Gasteiger partial charge in [-0.05, 0) is 44.0 Å². The molecular weight excluding hydrogens is 310 g/mol. The zero-order valence-electron chi connectivity index (χ0n) is 13.2. The average molecular weight is 330 g/mol. The summed E-state index contributed by atoms with van der Waals surface area (Å²) in [6.45, 7) is 4.61. The van der Waals surface area contributed by atoms with Crippen LogP contribution < -0.4 is 0 Å². The Morgan fingerprint density at radius 2 is 2.17 bits per heavy atom. The van der Waals surface area contributed by atoms with Gasteiger partial charge in [0.25, 0.3) is 0 Å². The van der Waals surface area contributed by atoms with Gasteiger partial charge in [-0.3, -0.25) is 14.7 Å². The van der Waals surface area contributed by atoms with Crippen molar-refractivity contribution in [3.63, 3.8) is 0 Å². The molecule has 0 saturated carbocycles. The number of hydrogen-bond donors (Lipinski definition) is 0. The second-order valence-corrected chi connectivity index (χ2v) is 7.01. The number of fused-ring (bicyclic) bond motifs is 2. The highest BCUT2D eigenvalue weighted by Crippen LogP contribution is 2.27. The predicted molar refractivity (Wildman–Crippen MR) is 91.4 cm³/mol. The van der Waals surface area contributed by atoms with E-state index in [2.05, 4.69) is 15.9 Å². The number of aromatic nitrogens is 1. The maximum absolute atomic E-state index is 12.5. The lowest BCUT2D eigenvalue weighted by Gasteiger charge is -2.41. The molecule has 1 amide bonds. The van der Waals surface area contributed by atoms with Crippen LogP contribution >= 0.6 is 11.6 Å². The van der Waals surface area contributed by atoms with E-state index < -0.39 is 0 Å². The summed E-state index contributed by atoms with van der Waals surface area (Å²) in [6.07, 6.45) is 2.25. The Balaban J connectivity index is 1.57. The fourth-order valence-corrected chi connectivity index (χ4v) is 3.96. The first-order valence-electron chi connectivity index (χ1n) is 8.21. The molecule has 120 valence electrons. The van der Waals surface area contributed by atoms with E-state index in [1.165, 1.54) is 0 Å². The van der Waals surface area contributed by atoms with Gasteiger partial charge in [0.05, 0.1) is 17.3 Å². The molecule has 2 atom stereocenters. The molecule has 1 aromatic heterocycles. The van der Waals surface area contributed by atoms with Crippen LogP contribution in [0.2, 0.25) is 5.02 Å². The largest absolute Gasteiger partial charge is 0.337 e. The number of halogens is 1. The highest BCUT2D eigenvalue weighted by Gasteiger charge is 2.40. The van der Waals surface area contributed by atoms with E-state index in [0.717, 1.165) is 54.1 Å². The summed E-state index contributed by atoms with van der Waals surface area (Å²) in [7, 11) is 0. The van der Waals surface area contributed by atoms with Crippen LogP contribution in [0.25, 0.3) is 10.9 Å². The average Bonchev–Trinajstić information content (AvgIpc) is 3.01. The van der Waals surface area contributed by atoms with Crippen LogP contribution in [0, 0.1) is 0 Å². The van der Waals surface area contributed by atoms with Crippen LogP contribution in [0.15, 0.2) is 30.3 Å². The standard InChI is InChI=1S/C18H20ClN3O/c1-12-18(23)22-8-2-3-16(22)11-21(12)10-15-6-4-13-9-14(19)5-7-17(13)20-15/h4-7,9,12,16H,2-3,8,10-11H2,1H3/t12-,16-/m1/s1. The molecule has 23 heavy (non-hydrogen) atoms. The molecule has 0 radical (unpaired) electrons. The highest BCUT2D eigenvalue weighted by molar-refractivity contribution is 6.31. The minimum absolute atomic E-state index is 0.0629. The van der Waals surface area contributed by atoms with Crippen LogP contribution in [0.3, 0.4) is 0 Å². The molecule has 1 aromatic carbocycles. The quantitative estimate of drug-likeness (QED) is 0.849. The summed E-state index contributed by atoms with van der Waals surface area (Å²) >= 11 is 6.02. The molecule has 2 aliphatic rings. The van der Waals surface area contributed by atoms with E-state index in [1.54, 1.807) is 0 Å². The van der Waals surface area contributed by atoms with E-state index in [4.69, 9.17) is 16.6 Å². The van der Waals surface area contributed by atoms with Crippen molar-refractivity contribution >= 4 is 28.4 Å². The number of carbonyl (C=O) groups excluding carboxylic acids is 1. The van der Waals surface area contributed by atoms with E-state index in [0.29, 0.717) is 6.04 Å². The van der Waals surface area contributed by atoms with Gasteiger partial charge in [-0.25, -0.2) is 0 Å². The minimum atomic E-state index is -0.0629. The van der Waals surface area contributed by atoms with Crippen LogP contribution in [-0.4, -0.2) is 45.9 Å². The van der Waals surface area contributed by atoms with Gasteiger partial charge in [0.1, 0.15) is 0 Å². The van der Waals surface area contributed by atoms with Crippen LogP contribution in [0.5, 0.6) is 0 Å². The van der Waals surface area contributed by atoms with Gasteiger partial charge in [-0.15, -0.1) is 0 Å². The highest BCUT2D eigenvalue weighted by atomic mass is 35.5. The molecule has 0 bridgehead atoms. The van der Waals surface area contributed by atoms with Crippen molar-refractivity contribution in [2.24, 2.45) is 0 Å². The molecule has 2 aromatic rings. The molecule has 0 N–H and O–H groups in total. The maximum Gasteiger partial charge on any atom is 0.239 e. The number of piperazine rings is 1. The fourth-order valence-electron chi connectivity index (χ4n) is 3.78. The van der Waals surface area contributed by atoms with Crippen molar-refractivity contribution in [2.75, 3.05) is 13.1 Å². The maximum atomic E-state index is 12.5. The Bertz CT molecular complexity index is 763. The van der Waals surface area contributed by atoms with Crippen LogP contribution in [-0.2, 0) is 11.3 Å². The van der Waals surface area contributed by atoms with Crippen LogP contribution in [0.4, 0.5) is 0 Å². The number of rotatable bonds is 2. The van der Waals surface area contributed by atoms with Gasteiger partial charge in [0, 0.05) is 36.1 Å². The third-order valence-electron chi connectivity index (χ3n) is 5.08. The molecule has 2 saturated heterocycles. The summed E-state index contributed by atoms with van der Waals surface area (Å²) in [5.41, 5.74) is 1.95. The lowest BCUT2D eigenvalue weighted by atomic mass is 10.1. The molecule has 0 unspecified atom stereocenters. The molecule has 5 heteroatoms. The Morgan fingerprint density at radius 1 is 1.30 bits per heavy atom. The van der Waals surface area contributed by atoms with Crippen molar-refractivity contribution in [1.82, 2.24) is 14.8 Å². The number of nitrogens with zero attached hydrogens (tertiary/aromatic N) is 3. The zero-order chi connectivity index (χ0) is 16.0. The van der Waals surface area contributed by atoms with Crippen molar-refractivity contribution in [1.29, 1.82) is 0 Å². The zero-order valence-corrected chi connectivity index (χ0v) is 14.0. The lowest BCUT2D eigenvalue weighted by molar-refractivity contribution is -0.143. The molecule has 4 rings (SSSR count). The van der Waals surface area contributed by atoms with E-state index in [-0.39, 0.29) is 11.9 Å². The summed E-state index contributed by atoms with van der Waals surface area (Å²) in [4.78, 5) is 21.6. The second kappa shape index (κ2) is 5.77. The van der Waals surface area contributed by atoms with Crippen LogP contribution in [0.1, 0.15) is 25.5 Å². The van der Waals surface area contributed by atoms with E-state index in [9.17, 15) is 4.79 Å². The smallest absolute Gasteiger partial charge is 0.239 e. The first-order valence-corrected chi connectivity index (χ1v) is 8.59. The lowest BCUT2D eigenvalue weighted by Crippen LogP contribution is -2.58. The molecule has 4 nitrogen and oxygen atoms in total. The van der Waals surface area contributed by atoms with Gasteiger partial charge >= 0.3 is 0 Å². The number of pyridine rings is 1. The van der Waals surface area contributed by atoms with E-state index in [1.807, 2.05) is 31.2 Å². The van der Waals surface area contributed by atoms with Crippen molar-refractivity contribution < 1.29 is 4.79 Å². The third kappa shape index (κ3) is 2.70. The minimum Gasteiger partial charge on any atom is -0.337 e. The number of benzene rings is 1. The van der Waals surface area contributed by atoms with Gasteiger partial charge in [0.2, 0.25) is 5.91 Å². The fraction of sp³-hybridized carbons (Fsp3) is 0.444. The van der Waals surface area contributed by atoms with Gasteiger partial charge in [0.15, 0.2) is 0 Å². The summed E-state index contributed by atoms with van der Waals surface area (Å²) in [5, 5.41) is 1.77. The SMILES string of the molecule is C[C@@H]1C(=O)N2CCC[C@@H]2CN1Cc1ccc2cc(Cl)ccc2n1. The molecule has 2 fully saturated rings. The Morgan fingerprint density at radius 3 is 3.04 bits per heavy atom. The van der Waals surface area contributed by atoms with E-state index >= 15 is 0 Å². The molecule has 0 aliphatic carbocycles. The summed E-state index contributed by atoms with van der Waals surface area (Å²) in [5.74, 6) is 0.270. The van der Waals surface area contributed by atoms with Crippen molar-refractivity contribution in [2.45, 2.75) is 38.4 Å². The number of amides is 1. The first kappa shape index (κ1) is 14.9.